The summed E-state index contributed by atoms with van der Waals surface area (Å²) in [5, 5.41) is 21.6. The molecule has 12 heteroatoms. The Hall–Kier alpha value is -3.16. The number of benzene rings is 1. The van der Waals surface area contributed by atoms with Gasteiger partial charge in [0.1, 0.15) is 5.57 Å². The van der Waals surface area contributed by atoms with E-state index in [-0.39, 0.29) is 22.9 Å². The van der Waals surface area contributed by atoms with Crippen LogP contribution in [0.1, 0.15) is 5.69 Å². The van der Waals surface area contributed by atoms with Crippen molar-refractivity contribution in [2.24, 2.45) is 0 Å². The molecule has 1 aliphatic heterocycles. The molecule has 1 aromatic heterocycles. The molecule has 0 spiro atoms. The van der Waals surface area contributed by atoms with Gasteiger partial charge in [0, 0.05) is 18.8 Å². The summed E-state index contributed by atoms with van der Waals surface area (Å²) in [6.45, 7) is 3.58. The Morgan fingerprint density at radius 1 is 1.23 bits per heavy atom. The first kappa shape index (κ1) is 21.5. The van der Waals surface area contributed by atoms with Crippen LogP contribution >= 0.6 is 12.2 Å². The number of hydrogen-bond donors (Lipinski definition) is 3. The minimum atomic E-state index is -4.33. The minimum Gasteiger partial charge on any atom is -0.595 e. The van der Waals surface area contributed by atoms with Crippen LogP contribution in [0.15, 0.2) is 65.7 Å². The van der Waals surface area contributed by atoms with Crippen LogP contribution in [0.4, 0.5) is 5.69 Å². The summed E-state index contributed by atoms with van der Waals surface area (Å²) in [6, 6.07) is 7.90. The first-order valence-corrected chi connectivity index (χ1v) is 10.3. The molecular formula is C18H16N4O6S2. The molecule has 156 valence electrons. The molecule has 1 atom stereocenters. The standard InChI is InChI=1S/C18H16N4O6S2/c1-2-9-20-17(24)13(16(23)19-18(20)29)11-12-6-5-10-21(12)30(27,28)15-8-4-3-7-14(15)22(25)26/h2-8,10-11,22,25H,1,9H2,(H,19,23,29)/b13-11+. The lowest BCUT2D eigenvalue weighted by Gasteiger charge is -2.27. The predicted octanol–water partition coefficient (Wildman–Crippen LogP) is -0.0588. The molecule has 3 rings (SSSR count). The number of para-hydroxylation sites is 1. The zero-order chi connectivity index (χ0) is 22.1. The molecule has 2 amide bonds. The highest BCUT2D eigenvalue weighted by Crippen LogP contribution is 2.24. The third-order valence-corrected chi connectivity index (χ3v) is 6.27. The summed E-state index contributed by atoms with van der Waals surface area (Å²) in [7, 11) is -4.33. The van der Waals surface area contributed by atoms with Gasteiger partial charge in [0.15, 0.2) is 15.7 Å². The molecule has 2 heterocycles. The van der Waals surface area contributed by atoms with Crippen LogP contribution in [0.2, 0.25) is 0 Å². The third kappa shape index (κ3) is 3.81. The van der Waals surface area contributed by atoms with Gasteiger partial charge >= 0.3 is 0 Å². The molecule has 1 aliphatic rings. The van der Waals surface area contributed by atoms with Crippen molar-refractivity contribution >= 4 is 50.9 Å². The van der Waals surface area contributed by atoms with Crippen molar-refractivity contribution in [3.63, 3.8) is 0 Å². The number of nitrogens with one attached hydrogen (secondary N) is 2. The van der Waals surface area contributed by atoms with Crippen molar-refractivity contribution in [2.75, 3.05) is 6.54 Å². The van der Waals surface area contributed by atoms with Gasteiger partial charge < -0.3 is 5.21 Å². The van der Waals surface area contributed by atoms with E-state index in [1.54, 1.807) is 0 Å². The van der Waals surface area contributed by atoms with E-state index >= 15 is 0 Å². The number of aromatic nitrogens is 1. The van der Waals surface area contributed by atoms with Crippen LogP contribution in [-0.2, 0) is 19.6 Å². The smallest absolute Gasteiger partial charge is 0.274 e. The average Bonchev–Trinajstić information content (AvgIpc) is 3.17. The van der Waals surface area contributed by atoms with E-state index in [1.807, 2.05) is 0 Å². The Morgan fingerprint density at radius 3 is 2.60 bits per heavy atom. The van der Waals surface area contributed by atoms with E-state index in [0.29, 0.717) is 0 Å². The summed E-state index contributed by atoms with van der Waals surface area (Å²) in [5.41, 5.74) is -0.744. The van der Waals surface area contributed by atoms with Gasteiger partial charge in [-0.05, 0) is 36.5 Å². The average molecular weight is 448 g/mol. The molecule has 0 aliphatic carbocycles. The van der Waals surface area contributed by atoms with E-state index in [1.165, 1.54) is 48.7 Å². The van der Waals surface area contributed by atoms with Crippen molar-refractivity contribution in [1.82, 2.24) is 14.2 Å². The molecular weight excluding hydrogens is 432 g/mol. The number of quaternary nitrogens is 1. The molecule has 1 aromatic carbocycles. The molecule has 30 heavy (non-hydrogen) atoms. The van der Waals surface area contributed by atoms with E-state index in [9.17, 15) is 28.4 Å². The van der Waals surface area contributed by atoms with Gasteiger partial charge in [0.25, 0.3) is 21.8 Å². The van der Waals surface area contributed by atoms with E-state index < -0.39 is 37.6 Å². The second-order valence-corrected chi connectivity index (χ2v) is 8.23. The number of nitrogens with zero attached hydrogens (tertiary/aromatic N) is 2. The van der Waals surface area contributed by atoms with Crippen LogP contribution in [0.3, 0.4) is 0 Å². The SMILES string of the molecule is C=CCN1C(=O)/C(=C/c2cccn2S(=O)(=O)c2ccccc2[NH+]([O-])O)C(=O)NC1=S. The lowest BCUT2D eigenvalue weighted by molar-refractivity contribution is -0.992. The van der Waals surface area contributed by atoms with Crippen LogP contribution in [0, 0.1) is 5.21 Å². The lowest BCUT2D eigenvalue weighted by atomic mass is 10.1. The highest BCUT2D eigenvalue weighted by atomic mass is 32.2. The molecule has 2 aromatic rings. The number of carbonyl (C=O) groups excluding carboxylic acids is 2. The van der Waals surface area contributed by atoms with Gasteiger partial charge in [-0.1, -0.05) is 18.2 Å². The maximum atomic E-state index is 13.1. The quantitative estimate of drug-likeness (QED) is 0.185. The second-order valence-electron chi connectivity index (χ2n) is 6.06. The summed E-state index contributed by atoms with van der Waals surface area (Å²) in [5.74, 6) is -1.49. The van der Waals surface area contributed by atoms with E-state index in [0.717, 1.165) is 14.9 Å². The zero-order valence-corrected chi connectivity index (χ0v) is 16.9. The Bertz CT molecular complexity index is 1180. The maximum Gasteiger partial charge on any atom is 0.274 e. The molecule has 1 unspecified atom stereocenters. The minimum absolute atomic E-state index is 0.0138. The molecule has 3 N–H and O–H groups in total. The first-order valence-electron chi connectivity index (χ1n) is 8.43. The fourth-order valence-electron chi connectivity index (χ4n) is 2.82. The van der Waals surface area contributed by atoms with Gasteiger partial charge in [-0.3, -0.25) is 19.8 Å². The van der Waals surface area contributed by atoms with Gasteiger partial charge in [-0.15, -0.1) is 6.58 Å². The van der Waals surface area contributed by atoms with E-state index in [2.05, 4.69) is 11.9 Å². The monoisotopic (exact) mass is 448 g/mol. The summed E-state index contributed by atoms with van der Waals surface area (Å²) < 4.78 is 27.0. The third-order valence-electron chi connectivity index (χ3n) is 4.19. The number of amides is 2. The van der Waals surface area contributed by atoms with Crippen molar-refractivity contribution in [3.8, 4) is 0 Å². The zero-order valence-electron chi connectivity index (χ0n) is 15.3. The molecule has 10 nitrogen and oxygen atoms in total. The van der Waals surface area contributed by atoms with Gasteiger partial charge in [0.05, 0.1) is 5.69 Å². The first-order chi connectivity index (χ1) is 14.2. The van der Waals surface area contributed by atoms with E-state index in [4.69, 9.17) is 12.2 Å². The molecule has 1 fully saturated rings. The number of thiocarbonyl (C=S) groups is 1. The number of carbonyl (C=O) groups is 2. The Morgan fingerprint density at radius 2 is 1.93 bits per heavy atom. The summed E-state index contributed by atoms with van der Waals surface area (Å²) >= 11 is 4.98. The fraction of sp³-hybridized carbons (Fsp3) is 0.0556. The van der Waals surface area contributed by atoms with Crippen LogP contribution in [-0.4, -0.2) is 46.0 Å². The molecule has 1 saturated heterocycles. The second kappa shape index (κ2) is 8.30. The van der Waals surface area contributed by atoms with Crippen LogP contribution in [0.5, 0.6) is 0 Å². The van der Waals surface area contributed by atoms with Gasteiger partial charge in [-0.25, -0.2) is 17.6 Å². The highest BCUT2D eigenvalue weighted by Gasteiger charge is 2.33. The largest absolute Gasteiger partial charge is 0.595 e. The van der Waals surface area contributed by atoms with Crippen LogP contribution < -0.4 is 10.5 Å². The molecule has 0 radical (unpaired) electrons. The Kier molecular flexibility index (Phi) is 5.96. The maximum absolute atomic E-state index is 13.1. The fourth-order valence-corrected chi connectivity index (χ4v) is 4.59. The highest BCUT2D eigenvalue weighted by molar-refractivity contribution is 7.90. The number of hydrogen-bond acceptors (Lipinski definition) is 7. The summed E-state index contributed by atoms with van der Waals surface area (Å²) in [6.07, 6.45) is 3.73. The van der Waals surface area contributed by atoms with Crippen molar-refractivity contribution in [3.05, 3.63) is 71.7 Å². The normalized spacial score (nSPS) is 17.2. The molecule has 0 saturated carbocycles. The topological polar surface area (TPSA) is 136 Å². The van der Waals surface area contributed by atoms with Crippen molar-refractivity contribution < 1.29 is 28.4 Å². The lowest BCUT2D eigenvalue weighted by Crippen LogP contribution is -2.99. The van der Waals surface area contributed by atoms with Crippen LogP contribution in [0.25, 0.3) is 6.08 Å². The Labute approximate surface area is 176 Å². The predicted molar refractivity (Wildman–Crippen MR) is 110 cm³/mol. The van der Waals surface area contributed by atoms with Crippen molar-refractivity contribution in [2.45, 2.75) is 4.90 Å². The number of rotatable bonds is 6. The molecule has 0 bridgehead atoms. The van der Waals surface area contributed by atoms with Crippen molar-refractivity contribution in [1.29, 1.82) is 0 Å². The Balaban J connectivity index is 2.10. The van der Waals surface area contributed by atoms with Gasteiger partial charge in [0.2, 0.25) is 0 Å². The van der Waals surface area contributed by atoms with Gasteiger partial charge in [-0.2, -0.15) is 5.23 Å². The summed E-state index contributed by atoms with van der Waals surface area (Å²) in [4.78, 5) is 25.6.